The minimum Gasteiger partial charge on any atom is -0.480 e. The van der Waals surface area contributed by atoms with Crippen molar-refractivity contribution in [3.8, 4) is 0 Å². The molecule has 0 atom stereocenters. The van der Waals surface area contributed by atoms with E-state index in [-0.39, 0.29) is 18.0 Å². The van der Waals surface area contributed by atoms with Gasteiger partial charge in [-0.1, -0.05) is 13.8 Å². The van der Waals surface area contributed by atoms with E-state index in [1.54, 1.807) is 13.0 Å². The van der Waals surface area contributed by atoms with E-state index in [9.17, 15) is 14.7 Å². The molecule has 0 spiro atoms. The Labute approximate surface area is 116 Å². The van der Waals surface area contributed by atoms with Crippen LogP contribution in [-0.4, -0.2) is 26.7 Å². The molecule has 1 heterocycles. The summed E-state index contributed by atoms with van der Waals surface area (Å²) in [5.74, 6) is -1.82. The Morgan fingerprint density at radius 1 is 1.20 bits per heavy atom. The third-order valence-electron chi connectivity index (χ3n) is 3.41. The molecule has 20 heavy (non-hydrogen) atoms. The number of rotatable bonds is 4. The molecule has 2 aromatic rings. The molecule has 1 aromatic carbocycles. The first-order valence-corrected chi connectivity index (χ1v) is 6.40. The molecule has 0 saturated carbocycles. The van der Waals surface area contributed by atoms with Crippen molar-refractivity contribution < 1.29 is 19.8 Å². The molecule has 5 heteroatoms. The Morgan fingerprint density at radius 2 is 1.85 bits per heavy atom. The third kappa shape index (κ3) is 2.39. The monoisotopic (exact) mass is 275 g/mol. The smallest absolute Gasteiger partial charge is 0.337 e. The molecule has 1 aromatic heterocycles. The van der Waals surface area contributed by atoms with E-state index >= 15 is 0 Å². The molecule has 0 unspecified atom stereocenters. The van der Waals surface area contributed by atoms with Crippen molar-refractivity contribution in [2.24, 2.45) is 0 Å². The van der Waals surface area contributed by atoms with Crippen molar-refractivity contribution in [1.82, 2.24) is 4.57 Å². The number of aromatic nitrogens is 1. The van der Waals surface area contributed by atoms with Gasteiger partial charge in [0.25, 0.3) is 0 Å². The lowest BCUT2D eigenvalue weighted by atomic mass is 9.98. The van der Waals surface area contributed by atoms with Gasteiger partial charge >= 0.3 is 11.9 Å². The first-order valence-electron chi connectivity index (χ1n) is 6.40. The van der Waals surface area contributed by atoms with E-state index in [2.05, 4.69) is 0 Å². The van der Waals surface area contributed by atoms with Gasteiger partial charge in [0, 0.05) is 11.1 Å². The number of hydrogen-bond donors (Lipinski definition) is 2. The minimum atomic E-state index is -1.04. The number of carboxylic acids is 2. The lowest BCUT2D eigenvalue weighted by molar-refractivity contribution is -0.137. The van der Waals surface area contributed by atoms with Gasteiger partial charge in [0.1, 0.15) is 6.54 Å². The maximum Gasteiger partial charge on any atom is 0.337 e. The van der Waals surface area contributed by atoms with Gasteiger partial charge in [0.2, 0.25) is 0 Å². The number of fused-ring (bicyclic) bond motifs is 1. The van der Waals surface area contributed by atoms with Crippen molar-refractivity contribution in [3.63, 3.8) is 0 Å². The molecule has 0 radical (unpaired) electrons. The molecule has 2 N–H and O–H groups in total. The normalized spacial score (nSPS) is 11.2. The molecular formula is C15H17NO4. The average Bonchev–Trinajstić information content (AvgIpc) is 2.63. The maximum absolute atomic E-state index is 11.5. The predicted octanol–water partition coefficient (Wildman–Crippen LogP) is 2.86. The second-order valence-electron chi connectivity index (χ2n) is 5.23. The molecule has 5 nitrogen and oxygen atoms in total. The number of carboxylic acid groups (broad SMARTS) is 2. The Balaban J connectivity index is 2.80. The van der Waals surface area contributed by atoms with E-state index in [0.29, 0.717) is 5.52 Å². The zero-order valence-electron chi connectivity index (χ0n) is 11.7. The van der Waals surface area contributed by atoms with Crippen molar-refractivity contribution in [1.29, 1.82) is 0 Å². The van der Waals surface area contributed by atoms with Crippen LogP contribution in [0.5, 0.6) is 0 Å². The summed E-state index contributed by atoms with van der Waals surface area (Å²) in [6.07, 6.45) is 0. The van der Waals surface area contributed by atoms with Crippen LogP contribution in [0, 0.1) is 6.92 Å². The highest BCUT2D eigenvalue weighted by Gasteiger charge is 2.18. The van der Waals surface area contributed by atoms with E-state index in [4.69, 9.17) is 5.11 Å². The van der Waals surface area contributed by atoms with Crippen LogP contribution < -0.4 is 0 Å². The van der Waals surface area contributed by atoms with Gasteiger partial charge in [-0.2, -0.15) is 0 Å². The summed E-state index contributed by atoms with van der Waals surface area (Å²) in [7, 11) is 0. The van der Waals surface area contributed by atoms with Gasteiger partial charge in [0.15, 0.2) is 0 Å². The number of hydrogen-bond acceptors (Lipinski definition) is 2. The van der Waals surface area contributed by atoms with Crippen LogP contribution in [0.2, 0.25) is 0 Å². The van der Waals surface area contributed by atoms with Crippen LogP contribution in [0.25, 0.3) is 10.9 Å². The Kier molecular flexibility index (Phi) is 3.53. The fourth-order valence-corrected chi connectivity index (χ4v) is 2.41. The fraction of sp³-hybridized carbons (Fsp3) is 0.333. The predicted molar refractivity (Wildman–Crippen MR) is 75.4 cm³/mol. The number of nitrogens with zero attached hydrogens (tertiary/aromatic N) is 1. The van der Waals surface area contributed by atoms with E-state index in [1.165, 1.54) is 4.57 Å². The lowest BCUT2D eigenvalue weighted by Gasteiger charge is -2.11. The highest BCUT2D eigenvalue weighted by atomic mass is 16.4. The number of aryl methyl sites for hydroxylation is 1. The quantitative estimate of drug-likeness (QED) is 0.899. The molecule has 2 rings (SSSR count). The highest BCUT2D eigenvalue weighted by molar-refractivity contribution is 6.03. The summed E-state index contributed by atoms with van der Waals surface area (Å²) in [6, 6.07) is 5.39. The standard InChI is InChI=1S/C15H17NO4/c1-8(2)10-5-11-4-9(3)16(7-13(17)18)14(11)12(6-10)15(19)20/h4-6,8H,7H2,1-3H3,(H,17,18)(H,19,20). The molecule has 0 amide bonds. The molecule has 0 aliphatic heterocycles. The third-order valence-corrected chi connectivity index (χ3v) is 3.41. The zero-order valence-corrected chi connectivity index (χ0v) is 11.7. The van der Waals surface area contributed by atoms with Gasteiger partial charge in [-0.05, 0) is 36.6 Å². The van der Waals surface area contributed by atoms with Gasteiger partial charge in [0.05, 0.1) is 11.1 Å². The van der Waals surface area contributed by atoms with Gasteiger partial charge in [-0.25, -0.2) is 4.79 Å². The minimum absolute atomic E-state index is 0.153. The highest BCUT2D eigenvalue weighted by Crippen LogP contribution is 2.28. The first-order chi connectivity index (χ1) is 9.31. The SMILES string of the molecule is Cc1cc2cc(C(C)C)cc(C(=O)O)c2n1CC(=O)O. The van der Waals surface area contributed by atoms with E-state index in [0.717, 1.165) is 16.6 Å². The first kappa shape index (κ1) is 14.1. The summed E-state index contributed by atoms with van der Waals surface area (Å²) in [4.78, 5) is 22.4. The van der Waals surface area contributed by atoms with Crippen LogP contribution in [0.3, 0.4) is 0 Å². The van der Waals surface area contributed by atoms with Crippen LogP contribution in [0.1, 0.15) is 41.4 Å². The van der Waals surface area contributed by atoms with Crippen LogP contribution in [0.15, 0.2) is 18.2 Å². The van der Waals surface area contributed by atoms with E-state index in [1.807, 2.05) is 26.0 Å². The molecule has 0 fully saturated rings. The molecule has 0 bridgehead atoms. The van der Waals surface area contributed by atoms with Crippen molar-refractivity contribution >= 4 is 22.8 Å². The van der Waals surface area contributed by atoms with Crippen LogP contribution >= 0.6 is 0 Å². The van der Waals surface area contributed by atoms with Crippen molar-refractivity contribution in [2.45, 2.75) is 33.2 Å². The van der Waals surface area contributed by atoms with Crippen LogP contribution in [0.4, 0.5) is 0 Å². The summed E-state index contributed by atoms with van der Waals surface area (Å²) in [5, 5.41) is 19.1. The zero-order chi connectivity index (χ0) is 15.0. The second kappa shape index (κ2) is 5.00. The van der Waals surface area contributed by atoms with Crippen LogP contribution in [-0.2, 0) is 11.3 Å². The largest absolute Gasteiger partial charge is 0.480 e. The summed E-state index contributed by atoms with van der Waals surface area (Å²) >= 11 is 0. The topological polar surface area (TPSA) is 79.5 Å². The Bertz CT molecular complexity index is 697. The van der Waals surface area contributed by atoms with Crippen molar-refractivity contribution in [2.75, 3.05) is 0 Å². The number of aliphatic carboxylic acids is 1. The van der Waals surface area contributed by atoms with E-state index < -0.39 is 11.9 Å². The molecule has 0 aliphatic rings. The number of aromatic carboxylic acids is 1. The number of carbonyl (C=O) groups is 2. The average molecular weight is 275 g/mol. The summed E-state index contributed by atoms with van der Waals surface area (Å²) < 4.78 is 1.53. The van der Waals surface area contributed by atoms with Gasteiger partial charge < -0.3 is 14.8 Å². The maximum atomic E-state index is 11.5. The molecular weight excluding hydrogens is 258 g/mol. The molecule has 106 valence electrons. The Morgan fingerprint density at radius 3 is 2.35 bits per heavy atom. The summed E-state index contributed by atoms with van der Waals surface area (Å²) in [5.41, 5.74) is 2.30. The Hall–Kier alpha value is -2.30. The number of benzene rings is 1. The lowest BCUT2D eigenvalue weighted by Crippen LogP contribution is -2.12. The fourth-order valence-electron chi connectivity index (χ4n) is 2.41. The molecule has 0 saturated heterocycles. The summed E-state index contributed by atoms with van der Waals surface area (Å²) in [6.45, 7) is 5.53. The van der Waals surface area contributed by atoms with Gasteiger partial charge in [-0.15, -0.1) is 0 Å². The van der Waals surface area contributed by atoms with Gasteiger partial charge in [-0.3, -0.25) is 4.79 Å². The van der Waals surface area contributed by atoms with Crippen molar-refractivity contribution in [3.05, 3.63) is 35.0 Å². The molecule has 0 aliphatic carbocycles. The second-order valence-corrected chi connectivity index (χ2v) is 5.23.